The number of benzene rings is 3. The van der Waals surface area contributed by atoms with Crippen LogP contribution in [0.25, 0.3) is 22.3 Å². The van der Waals surface area contributed by atoms with Crippen LogP contribution in [0.1, 0.15) is 51.8 Å². The molecule has 1 spiro atoms. The first-order valence-corrected chi connectivity index (χ1v) is 14.3. The Balaban J connectivity index is 1.16. The molecule has 2 fully saturated rings. The molecular weight excluding hydrogens is 571 g/mol. The topological polar surface area (TPSA) is 86.5 Å². The number of nitrogens with zero attached hydrogens (tertiary/aromatic N) is 3. The van der Waals surface area contributed by atoms with Gasteiger partial charge in [-0.1, -0.05) is 18.2 Å². The van der Waals surface area contributed by atoms with Crippen LogP contribution in [0.2, 0.25) is 0 Å². The molecule has 1 saturated heterocycles. The fourth-order valence-electron chi connectivity index (χ4n) is 6.21. The summed E-state index contributed by atoms with van der Waals surface area (Å²) >= 11 is 0. The lowest BCUT2D eigenvalue weighted by Crippen LogP contribution is -2.52. The number of ether oxygens (including phenoxy) is 2. The van der Waals surface area contributed by atoms with E-state index in [0.717, 1.165) is 30.5 Å². The molecule has 7 rings (SSSR count). The maximum Gasteiger partial charge on any atom is 0.335 e. The van der Waals surface area contributed by atoms with E-state index in [4.69, 9.17) is 14.5 Å². The maximum atomic E-state index is 15.6. The summed E-state index contributed by atoms with van der Waals surface area (Å²) in [6, 6.07) is 16.6. The van der Waals surface area contributed by atoms with Crippen molar-refractivity contribution in [1.29, 1.82) is 0 Å². The lowest BCUT2D eigenvalue weighted by molar-refractivity contribution is -0.174. The van der Waals surface area contributed by atoms with E-state index in [0.29, 0.717) is 35.6 Å². The number of imidazole rings is 1. The zero-order chi connectivity index (χ0) is 30.6. The third kappa shape index (κ3) is 5.09. The molecule has 0 atom stereocenters. The van der Waals surface area contributed by atoms with E-state index in [1.807, 2.05) is 4.57 Å². The molecule has 44 heavy (non-hydrogen) atoms. The zero-order valence-electron chi connectivity index (χ0n) is 23.8. The van der Waals surface area contributed by atoms with Crippen LogP contribution in [0.15, 0.2) is 66.7 Å². The molecule has 10 heteroatoms. The first kappa shape index (κ1) is 28.1. The Labute approximate surface area is 250 Å². The molecule has 0 unspecified atom stereocenters. The van der Waals surface area contributed by atoms with Gasteiger partial charge in [0.1, 0.15) is 29.9 Å². The number of fused-ring (bicyclic) bond motifs is 1. The SMILES string of the molecule is Cc1ccc(COc2cccc(-c3cc(F)c(Cc4nc5ccc(C(=O)O)cc5n4C4CC5(COC5)C4)cc3F)n2)c(F)c1. The third-order valence-electron chi connectivity index (χ3n) is 8.60. The molecule has 0 amide bonds. The average Bonchev–Trinajstić information content (AvgIpc) is 3.30. The number of pyridine rings is 1. The molecule has 224 valence electrons. The molecule has 1 saturated carbocycles. The summed E-state index contributed by atoms with van der Waals surface area (Å²) in [5.41, 5.74) is 2.91. The number of aromatic nitrogens is 3. The molecule has 3 aromatic carbocycles. The minimum Gasteiger partial charge on any atom is -0.478 e. The van der Waals surface area contributed by atoms with Crippen molar-refractivity contribution in [1.82, 2.24) is 14.5 Å². The Bertz CT molecular complexity index is 1930. The van der Waals surface area contributed by atoms with E-state index >= 15 is 8.78 Å². The number of carboxylic acids is 1. The van der Waals surface area contributed by atoms with E-state index < -0.39 is 23.4 Å². The first-order valence-electron chi connectivity index (χ1n) is 14.3. The molecule has 2 aliphatic rings. The van der Waals surface area contributed by atoms with Crippen molar-refractivity contribution in [3.8, 4) is 17.1 Å². The molecular formula is C34H28F3N3O4. The summed E-state index contributed by atoms with van der Waals surface area (Å²) in [6.07, 6.45) is 1.71. The molecule has 0 bridgehead atoms. The average molecular weight is 600 g/mol. The van der Waals surface area contributed by atoms with Gasteiger partial charge >= 0.3 is 5.97 Å². The van der Waals surface area contributed by atoms with Gasteiger partial charge in [-0.05, 0) is 73.4 Å². The molecule has 7 nitrogen and oxygen atoms in total. The van der Waals surface area contributed by atoms with E-state index in [1.165, 1.54) is 12.1 Å². The standard InChI is InChI=1S/C34H28F3N3O4/c1-19-5-6-21(25(35)9-19)16-44-32-4-2-3-28(39-32)24-13-26(36)22(10-27(24)37)12-31-38-29-8-7-20(33(41)42)11-30(29)40(31)23-14-34(15-23)17-43-18-34/h2-11,13,23H,12,14-18H2,1H3,(H,41,42). The third-order valence-corrected chi connectivity index (χ3v) is 8.60. The van der Waals surface area contributed by atoms with Crippen molar-refractivity contribution in [2.45, 2.75) is 38.8 Å². The lowest BCUT2D eigenvalue weighted by Gasteiger charge is -2.53. The van der Waals surface area contributed by atoms with Crippen LogP contribution in [0, 0.1) is 29.8 Å². The van der Waals surface area contributed by atoms with Crippen molar-refractivity contribution in [2.75, 3.05) is 13.2 Å². The van der Waals surface area contributed by atoms with Crippen LogP contribution in [-0.2, 0) is 17.8 Å². The molecule has 1 N–H and O–H groups in total. The molecule has 1 aliphatic heterocycles. The molecule has 0 radical (unpaired) electrons. The van der Waals surface area contributed by atoms with Crippen LogP contribution in [0.3, 0.4) is 0 Å². The van der Waals surface area contributed by atoms with Gasteiger partial charge in [0.05, 0.1) is 35.5 Å². The van der Waals surface area contributed by atoms with E-state index in [2.05, 4.69) is 4.98 Å². The first-order chi connectivity index (χ1) is 21.2. The number of carboxylic acid groups (broad SMARTS) is 1. The van der Waals surface area contributed by atoms with E-state index in [1.54, 1.807) is 49.4 Å². The quantitative estimate of drug-likeness (QED) is 0.206. The summed E-state index contributed by atoms with van der Waals surface area (Å²) in [5.74, 6) is -2.05. The largest absolute Gasteiger partial charge is 0.478 e. The van der Waals surface area contributed by atoms with Crippen LogP contribution >= 0.6 is 0 Å². The van der Waals surface area contributed by atoms with Crippen LogP contribution in [-0.4, -0.2) is 38.8 Å². The van der Waals surface area contributed by atoms with Crippen LogP contribution < -0.4 is 4.74 Å². The van der Waals surface area contributed by atoms with Gasteiger partial charge in [0.25, 0.3) is 0 Å². The van der Waals surface area contributed by atoms with Crippen LogP contribution in [0.4, 0.5) is 13.2 Å². The number of aromatic carboxylic acids is 1. The van der Waals surface area contributed by atoms with Gasteiger partial charge in [-0.2, -0.15) is 0 Å². The lowest BCUT2D eigenvalue weighted by atomic mass is 9.64. The van der Waals surface area contributed by atoms with E-state index in [-0.39, 0.29) is 52.7 Å². The van der Waals surface area contributed by atoms with Gasteiger partial charge in [0.2, 0.25) is 5.88 Å². The number of aryl methyl sites for hydroxylation is 1. The summed E-state index contributed by atoms with van der Waals surface area (Å²) < 4.78 is 58.4. The van der Waals surface area contributed by atoms with Crippen molar-refractivity contribution >= 4 is 17.0 Å². The van der Waals surface area contributed by atoms with Gasteiger partial charge in [-0.25, -0.2) is 27.9 Å². The highest BCUT2D eigenvalue weighted by atomic mass is 19.1. The summed E-state index contributed by atoms with van der Waals surface area (Å²) in [5, 5.41) is 9.56. The monoisotopic (exact) mass is 599 g/mol. The van der Waals surface area contributed by atoms with Crippen LogP contribution in [0.5, 0.6) is 5.88 Å². The Kier molecular flexibility index (Phi) is 6.88. The van der Waals surface area contributed by atoms with Crippen molar-refractivity contribution in [3.05, 3.63) is 112 Å². The highest BCUT2D eigenvalue weighted by Gasteiger charge is 2.51. The number of halogens is 3. The molecule has 2 aromatic heterocycles. The van der Waals surface area contributed by atoms with Gasteiger partial charge in [-0.3, -0.25) is 0 Å². The minimum atomic E-state index is -1.05. The molecule has 3 heterocycles. The van der Waals surface area contributed by atoms with Gasteiger partial charge < -0.3 is 19.1 Å². The second-order valence-corrected chi connectivity index (χ2v) is 11.8. The number of carbonyl (C=O) groups is 1. The van der Waals surface area contributed by atoms with E-state index in [9.17, 15) is 14.3 Å². The maximum absolute atomic E-state index is 15.6. The Morgan fingerprint density at radius 2 is 1.77 bits per heavy atom. The van der Waals surface area contributed by atoms with Crippen molar-refractivity contribution < 1.29 is 32.5 Å². The summed E-state index contributed by atoms with van der Waals surface area (Å²) in [6.45, 7) is 3.11. The van der Waals surface area contributed by atoms with Gasteiger partial charge in [-0.15, -0.1) is 0 Å². The highest BCUT2D eigenvalue weighted by molar-refractivity contribution is 5.92. The minimum absolute atomic E-state index is 0.0127. The predicted octanol–water partition coefficient (Wildman–Crippen LogP) is 7.04. The second kappa shape index (κ2) is 10.8. The smallest absolute Gasteiger partial charge is 0.335 e. The predicted molar refractivity (Wildman–Crippen MR) is 156 cm³/mol. The zero-order valence-corrected chi connectivity index (χ0v) is 23.8. The Morgan fingerprint density at radius 3 is 2.50 bits per heavy atom. The fraction of sp³-hybridized carbons (Fsp3) is 0.265. The highest BCUT2D eigenvalue weighted by Crippen LogP contribution is 2.54. The van der Waals surface area contributed by atoms with Gasteiger partial charge in [0.15, 0.2) is 0 Å². The fourth-order valence-corrected chi connectivity index (χ4v) is 6.21. The summed E-state index contributed by atoms with van der Waals surface area (Å²) in [4.78, 5) is 20.7. The van der Waals surface area contributed by atoms with Crippen molar-refractivity contribution in [3.63, 3.8) is 0 Å². The van der Waals surface area contributed by atoms with Crippen molar-refractivity contribution in [2.24, 2.45) is 5.41 Å². The van der Waals surface area contributed by atoms with Gasteiger partial charge in [0, 0.05) is 35.1 Å². The molecule has 1 aliphatic carbocycles. The molecule has 5 aromatic rings. The number of hydrogen-bond donors (Lipinski definition) is 1. The Hall–Kier alpha value is -4.70. The number of rotatable bonds is 8. The number of hydrogen-bond acceptors (Lipinski definition) is 5. The summed E-state index contributed by atoms with van der Waals surface area (Å²) in [7, 11) is 0. The normalized spacial score (nSPS) is 15.7. The second-order valence-electron chi connectivity index (χ2n) is 11.8. The Morgan fingerprint density at radius 1 is 0.977 bits per heavy atom.